The van der Waals surface area contributed by atoms with Gasteiger partial charge >= 0.3 is 0 Å². The van der Waals surface area contributed by atoms with E-state index in [2.05, 4.69) is 10.4 Å². The molecule has 1 amide bonds. The zero-order chi connectivity index (χ0) is 20.0. The topological polar surface area (TPSA) is 65.4 Å². The maximum atomic E-state index is 12.9. The van der Waals surface area contributed by atoms with Crippen LogP contribution in [0.3, 0.4) is 0 Å². The van der Waals surface area contributed by atoms with Crippen LogP contribution in [-0.2, 0) is 0 Å². The number of hydrogen-bond acceptors (Lipinski definition) is 4. The lowest BCUT2D eigenvalue weighted by Crippen LogP contribution is -2.34. The molecule has 1 aliphatic carbocycles. The molecule has 0 atom stereocenters. The van der Waals surface area contributed by atoms with Crippen molar-refractivity contribution < 1.29 is 14.3 Å². The van der Waals surface area contributed by atoms with E-state index in [1.165, 1.54) is 0 Å². The Morgan fingerprint density at radius 1 is 1.07 bits per heavy atom. The van der Waals surface area contributed by atoms with E-state index >= 15 is 0 Å². The van der Waals surface area contributed by atoms with Crippen LogP contribution in [0.25, 0.3) is 5.69 Å². The van der Waals surface area contributed by atoms with E-state index in [1.54, 1.807) is 10.9 Å². The molecule has 0 bridgehead atoms. The summed E-state index contributed by atoms with van der Waals surface area (Å²) in [5, 5.41) is 7.36. The number of nitrogens with zero attached hydrogens (tertiary/aromatic N) is 2. The first-order valence-corrected chi connectivity index (χ1v) is 9.98. The van der Waals surface area contributed by atoms with Gasteiger partial charge in [0.25, 0.3) is 11.7 Å². The number of carbonyl (C=O) groups excluding carboxylic acids is 1. The third-order valence-corrected chi connectivity index (χ3v) is 5.66. The highest BCUT2D eigenvalue weighted by Crippen LogP contribution is 2.47. The maximum Gasteiger partial charge on any atom is 0.259 e. The zero-order valence-corrected chi connectivity index (χ0v) is 16.6. The van der Waals surface area contributed by atoms with Crippen molar-refractivity contribution in [3.05, 3.63) is 65.5 Å². The molecule has 1 saturated carbocycles. The number of rotatable bonds is 3. The molecular formula is C23H23N3O3. The number of benzene rings is 2. The molecular weight excluding hydrogens is 366 g/mol. The van der Waals surface area contributed by atoms with Crippen LogP contribution in [0.5, 0.6) is 11.5 Å². The van der Waals surface area contributed by atoms with Gasteiger partial charge in [0.15, 0.2) is 11.5 Å². The van der Waals surface area contributed by atoms with Crippen molar-refractivity contribution in [2.24, 2.45) is 0 Å². The number of fused-ring (bicyclic) bond motifs is 1. The largest absolute Gasteiger partial charge is 0.448 e. The highest BCUT2D eigenvalue weighted by molar-refractivity contribution is 6.05. The van der Waals surface area contributed by atoms with Crippen LogP contribution in [0.2, 0.25) is 0 Å². The molecule has 2 aromatic carbocycles. The summed E-state index contributed by atoms with van der Waals surface area (Å²) < 4.78 is 13.9. The fraction of sp³-hybridized carbons (Fsp3) is 0.304. The molecule has 6 nitrogen and oxygen atoms in total. The SMILES string of the molecule is Cc1cccc(-n2ncc(C(=O)Nc3ccc4c(c3)OC3(CCCC3)O4)c2C)c1. The van der Waals surface area contributed by atoms with E-state index in [9.17, 15) is 4.79 Å². The van der Waals surface area contributed by atoms with Crippen molar-refractivity contribution in [1.29, 1.82) is 0 Å². The van der Waals surface area contributed by atoms with Crippen LogP contribution in [-0.4, -0.2) is 21.5 Å². The minimum absolute atomic E-state index is 0.198. The van der Waals surface area contributed by atoms with Gasteiger partial charge in [0.2, 0.25) is 0 Å². The van der Waals surface area contributed by atoms with Crippen LogP contribution in [0.1, 0.15) is 47.3 Å². The summed E-state index contributed by atoms with van der Waals surface area (Å²) in [5.41, 5.74) is 4.08. The molecule has 148 valence electrons. The monoisotopic (exact) mass is 389 g/mol. The van der Waals surface area contributed by atoms with E-state index in [4.69, 9.17) is 9.47 Å². The van der Waals surface area contributed by atoms with E-state index < -0.39 is 5.79 Å². The molecule has 0 saturated heterocycles. The van der Waals surface area contributed by atoms with Crippen LogP contribution >= 0.6 is 0 Å². The quantitative estimate of drug-likeness (QED) is 0.700. The van der Waals surface area contributed by atoms with Gasteiger partial charge in [-0.3, -0.25) is 4.79 Å². The second-order valence-electron chi connectivity index (χ2n) is 7.83. The first-order valence-electron chi connectivity index (χ1n) is 9.98. The van der Waals surface area contributed by atoms with Gasteiger partial charge < -0.3 is 14.8 Å². The first-order chi connectivity index (χ1) is 14.0. The molecule has 3 aromatic rings. The molecule has 5 rings (SSSR count). The van der Waals surface area contributed by atoms with Gasteiger partial charge in [-0.05, 0) is 56.5 Å². The fourth-order valence-electron chi connectivity index (χ4n) is 4.14. The van der Waals surface area contributed by atoms with Crippen molar-refractivity contribution in [2.45, 2.75) is 45.3 Å². The minimum Gasteiger partial charge on any atom is -0.448 e. The number of aromatic nitrogens is 2. The highest BCUT2D eigenvalue weighted by Gasteiger charge is 2.44. The van der Waals surface area contributed by atoms with Gasteiger partial charge in [0.05, 0.1) is 23.1 Å². The maximum absolute atomic E-state index is 12.9. The summed E-state index contributed by atoms with van der Waals surface area (Å²) in [6.45, 7) is 3.93. The lowest BCUT2D eigenvalue weighted by Gasteiger charge is -2.21. The Kier molecular flexibility index (Phi) is 4.08. The van der Waals surface area contributed by atoms with Crippen LogP contribution < -0.4 is 14.8 Å². The smallest absolute Gasteiger partial charge is 0.259 e. The van der Waals surface area contributed by atoms with Crippen LogP contribution in [0.4, 0.5) is 5.69 Å². The van der Waals surface area contributed by atoms with Crippen molar-refractivity contribution in [3.63, 3.8) is 0 Å². The predicted octanol–water partition coefficient (Wildman–Crippen LogP) is 4.78. The predicted molar refractivity (Wildman–Crippen MR) is 110 cm³/mol. The molecule has 6 heteroatoms. The second-order valence-corrected chi connectivity index (χ2v) is 7.83. The standard InChI is InChI=1S/C23H23N3O3/c1-15-6-5-7-18(12-15)26-16(2)19(14-24-26)22(27)25-17-8-9-20-21(13-17)29-23(28-20)10-3-4-11-23/h5-9,12-14H,3-4,10-11H2,1-2H3,(H,25,27). The molecule has 0 unspecified atom stereocenters. The molecule has 29 heavy (non-hydrogen) atoms. The van der Waals surface area contributed by atoms with E-state index in [1.807, 2.05) is 56.3 Å². The molecule has 0 radical (unpaired) electrons. The summed E-state index contributed by atoms with van der Waals surface area (Å²) >= 11 is 0. The highest BCUT2D eigenvalue weighted by atomic mass is 16.7. The Balaban J connectivity index is 1.36. The van der Waals surface area contributed by atoms with E-state index in [0.29, 0.717) is 17.0 Å². The Bertz CT molecular complexity index is 1100. The average molecular weight is 389 g/mol. The van der Waals surface area contributed by atoms with E-state index in [-0.39, 0.29) is 5.91 Å². The third kappa shape index (κ3) is 3.14. The molecule has 1 aromatic heterocycles. The van der Waals surface area contributed by atoms with Gasteiger partial charge in [0, 0.05) is 24.6 Å². The van der Waals surface area contributed by atoms with Crippen LogP contribution in [0, 0.1) is 13.8 Å². The number of hydrogen-bond donors (Lipinski definition) is 1. The molecule has 2 heterocycles. The molecule has 1 spiro atoms. The molecule has 1 fully saturated rings. The Morgan fingerprint density at radius 2 is 1.86 bits per heavy atom. The Morgan fingerprint density at radius 3 is 2.66 bits per heavy atom. The Hall–Kier alpha value is -3.28. The fourth-order valence-corrected chi connectivity index (χ4v) is 4.14. The summed E-state index contributed by atoms with van der Waals surface area (Å²) in [6.07, 6.45) is 5.64. The minimum atomic E-state index is -0.503. The number of carbonyl (C=O) groups is 1. The van der Waals surface area contributed by atoms with Gasteiger partial charge in [-0.2, -0.15) is 5.10 Å². The van der Waals surface area contributed by atoms with E-state index in [0.717, 1.165) is 48.4 Å². The second kappa shape index (κ2) is 6.65. The number of amides is 1. The Labute approximate surface area is 169 Å². The summed E-state index contributed by atoms with van der Waals surface area (Å²) in [4.78, 5) is 12.9. The van der Waals surface area contributed by atoms with Crippen molar-refractivity contribution >= 4 is 11.6 Å². The van der Waals surface area contributed by atoms with Gasteiger partial charge in [0.1, 0.15) is 0 Å². The lowest BCUT2D eigenvalue weighted by atomic mass is 10.2. The van der Waals surface area contributed by atoms with Gasteiger partial charge in [-0.15, -0.1) is 0 Å². The lowest BCUT2D eigenvalue weighted by molar-refractivity contribution is -0.0716. The van der Waals surface area contributed by atoms with Crippen LogP contribution in [0.15, 0.2) is 48.7 Å². The summed E-state index contributed by atoms with van der Waals surface area (Å²) in [6, 6.07) is 13.6. The van der Waals surface area contributed by atoms with Crippen molar-refractivity contribution in [3.8, 4) is 17.2 Å². The molecule has 1 N–H and O–H groups in total. The normalized spacial score (nSPS) is 16.3. The van der Waals surface area contributed by atoms with Gasteiger partial charge in [-0.25, -0.2) is 4.68 Å². The summed E-state index contributed by atoms with van der Waals surface area (Å²) in [7, 11) is 0. The number of aryl methyl sites for hydroxylation is 1. The van der Waals surface area contributed by atoms with Crippen molar-refractivity contribution in [2.75, 3.05) is 5.32 Å². The number of anilines is 1. The average Bonchev–Trinajstić information content (AvgIpc) is 3.40. The molecule has 2 aliphatic rings. The molecule has 1 aliphatic heterocycles. The number of ether oxygens (including phenoxy) is 2. The number of nitrogens with one attached hydrogen (secondary N) is 1. The first kappa shape index (κ1) is 17.8. The third-order valence-electron chi connectivity index (χ3n) is 5.66. The van der Waals surface area contributed by atoms with Gasteiger partial charge in [-0.1, -0.05) is 12.1 Å². The van der Waals surface area contributed by atoms with Crippen molar-refractivity contribution in [1.82, 2.24) is 9.78 Å². The zero-order valence-electron chi connectivity index (χ0n) is 16.6. The summed E-state index contributed by atoms with van der Waals surface area (Å²) in [5.74, 6) is 0.734.